The van der Waals surface area contributed by atoms with Crippen LogP contribution in [0.15, 0.2) is 36.7 Å². The molecule has 6 heteroatoms. The molecule has 0 saturated carbocycles. The summed E-state index contributed by atoms with van der Waals surface area (Å²) < 4.78 is 1.61. The summed E-state index contributed by atoms with van der Waals surface area (Å²) in [6.45, 7) is 0.526. The lowest BCUT2D eigenvalue weighted by Crippen LogP contribution is -2.28. The molecule has 1 heterocycles. The SMILES string of the molecule is N#Cc1ccc(Cn2cc(B(O)O)cn2)cc1. The molecule has 0 aliphatic heterocycles. The Bertz CT molecular complexity index is 543. The van der Waals surface area contributed by atoms with Crippen molar-refractivity contribution < 1.29 is 10.0 Å². The van der Waals surface area contributed by atoms with Crippen LogP contribution in [-0.2, 0) is 6.54 Å². The van der Waals surface area contributed by atoms with Crippen LogP contribution in [0, 0.1) is 11.3 Å². The summed E-state index contributed by atoms with van der Waals surface area (Å²) in [7, 11) is -1.50. The van der Waals surface area contributed by atoms with E-state index in [0.29, 0.717) is 17.6 Å². The van der Waals surface area contributed by atoms with E-state index in [0.717, 1.165) is 5.56 Å². The maximum Gasteiger partial charge on any atom is 0.491 e. The van der Waals surface area contributed by atoms with Gasteiger partial charge in [-0.3, -0.25) is 4.68 Å². The Morgan fingerprint density at radius 1 is 1.29 bits per heavy atom. The van der Waals surface area contributed by atoms with Crippen molar-refractivity contribution in [2.45, 2.75) is 6.54 Å². The zero-order valence-corrected chi connectivity index (χ0v) is 8.98. The van der Waals surface area contributed by atoms with Gasteiger partial charge in [0.15, 0.2) is 0 Å². The van der Waals surface area contributed by atoms with Crippen LogP contribution >= 0.6 is 0 Å². The van der Waals surface area contributed by atoms with E-state index in [-0.39, 0.29) is 0 Å². The smallest absolute Gasteiger partial charge is 0.423 e. The van der Waals surface area contributed by atoms with Gasteiger partial charge in [0, 0.05) is 17.9 Å². The van der Waals surface area contributed by atoms with Crippen LogP contribution in [0.25, 0.3) is 0 Å². The predicted molar refractivity (Wildman–Crippen MR) is 62.3 cm³/mol. The van der Waals surface area contributed by atoms with E-state index in [9.17, 15) is 0 Å². The molecule has 84 valence electrons. The molecular weight excluding hydrogens is 217 g/mol. The van der Waals surface area contributed by atoms with Crippen molar-refractivity contribution in [1.82, 2.24) is 9.78 Å². The monoisotopic (exact) mass is 227 g/mol. The summed E-state index contributed by atoms with van der Waals surface area (Å²) >= 11 is 0. The van der Waals surface area contributed by atoms with Crippen LogP contribution in [0.1, 0.15) is 11.1 Å². The zero-order chi connectivity index (χ0) is 12.3. The first kappa shape index (κ1) is 11.4. The van der Waals surface area contributed by atoms with Gasteiger partial charge in [0.05, 0.1) is 18.2 Å². The first-order chi connectivity index (χ1) is 8.19. The van der Waals surface area contributed by atoms with Crippen LogP contribution in [0.2, 0.25) is 0 Å². The van der Waals surface area contributed by atoms with Gasteiger partial charge >= 0.3 is 7.12 Å². The minimum Gasteiger partial charge on any atom is -0.423 e. The molecular formula is C11H10BN3O2. The van der Waals surface area contributed by atoms with Crippen molar-refractivity contribution in [2.75, 3.05) is 0 Å². The second kappa shape index (κ2) is 4.83. The van der Waals surface area contributed by atoms with Gasteiger partial charge in [0.1, 0.15) is 0 Å². The van der Waals surface area contributed by atoms with Gasteiger partial charge < -0.3 is 10.0 Å². The van der Waals surface area contributed by atoms with E-state index in [1.165, 1.54) is 6.20 Å². The lowest BCUT2D eigenvalue weighted by Gasteiger charge is -2.01. The first-order valence-electron chi connectivity index (χ1n) is 5.06. The van der Waals surface area contributed by atoms with Gasteiger partial charge in [0.25, 0.3) is 0 Å². The molecule has 0 bridgehead atoms. The maximum absolute atomic E-state index is 8.94. The molecule has 0 aliphatic rings. The summed E-state index contributed by atoms with van der Waals surface area (Å²) in [4.78, 5) is 0. The number of hydrogen-bond donors (Lipinski definition) is 2. The second-order valence-corrected chi connectivity index (χ2v) is 3.65. The highest BCUT2D eigenvalue weighted by atomic mass is 16.4. The third-order valence-corrected chi connectivity index (χ3v) is 2.38. The van der Waals surface area contributed by atoms with Crippen molar-refractivity contribution in [1.29, 1.82) is 5.26 Å². The topological polar surface area (TPSA) is 82.1 Å². The molecule has 0 aliphatic carbocycles. The highest BCUT2D eigenvalue weighted by Gasteiger charge is 2.12. The molecule has 0 saturated heterocycles. The molecule has 1 aromatic carbocycles. The van der Waals surface area contributed by atoms with Gasteiger partial charge in [0.2, 0.25) is 0 Å². The average Bonchev–Trinajstić information content (AvgIpc) is 2.79. The van der Waals surface area contributed by atoms with Gasteiger partial charge in [-0.1, -0.05) is 12.1 Å². The Balaban J connectivity index is 2.11. The maximum atomic E-state index is 8.94. The third kappa shape index (κ3) is 2.72. The predicted octanol–water partition coefficient (Wildman–Crippen LogP) is -0.517. The lowest BCUT2D eigenvalue weighted by atomic mass is 9.83. The van der Waals surface area contributed by atoms with Crippen molar-refractivity contribution in [3.05, 3.63) is 47.8 Å². The minimum atomic E-state index is -1.50. The summed E-state index contributed by atoms with van der Waals surface area (Å²) in [6, 6.07) is 9.21. The van der Waals surface area contributed by atoms with Crippen molar-refractivity contribution in [3.8, 4) is 6.07 Å². The van der Waals surface area contributed by atoms with Crippen LogP contribution in [0.3, 0.4) is 0 Å². The van der Waals surface area contributed by atoms with Crippen LogP contribution < -0.4 is 5.46 Å². The Hall–Kier alpha value is -2.10. The van der Waals surface area contributed by atoms with Gasteiger partial charge in [-0.25, -0.2) is 0 Å². The summed E-state index contributed by atoms with van der Waals surface area (Å²) in [5.74, 6) is 0. The van der Waals surface area contributed by atoms with Crippen molar-refractivity contribution >= 4 is 12.6 Å². The first-order valence-corrected chi connectivity index (χ1v) is 5.06. The number of aromatic nitrogens is 2. The molecule has 5 nitrogen and oxygen atoms in total. The molecule has 0 amide bonds. The van der Waals surface area contributed by atoms with Gasteiger partial charge in [-0.05, 0) is 17.7 Å². The molecule has 0 fully saturated rings. The molecule has 2 N–H and O–H groups in total. The number of benzene rings is 1. The Kier molecular flexibility index (Phi) is 3.23. The molecule has 0 spiro atoms. The summed E-state index contributed by atoms with van der Waals surface area (Å²) in [5, 5.41) is 30.5. The average molecular weight is 227 g/mol. The zero-order valence-electron chi connectivity index (χ0n) is 8.98. The van der Waals surface area contributed by atoms with Crippen LogP contribution in [0.5, 0.6) is 0 Å². The van der Waals surface area contributed by atoms with Crippen molar-refractivity contribution in [3.63, 3.8) is 0 Å². The largest absolute Gasteiger partial charge is 0.491 e. The molecule has 2 aromatic rings. The summed E-state index contributed by atoms with van der Waals surface area (Å²) in [6.07, 6.45) is 2.98. The second-order valence-electron chi connectivity index (χ2n) is 3.65. The number of nitrogens with zero attached hydrogens (tertiary/aromatic N) is 3. The van der Waals surface area contributed by atoms with Crippen LogP contribution in [0.4, 0.5) is 0 Å². The molecule has 0 radical (unpaired) electrons. The van der Waals surface area contributed by atoms with E-state index in [1.807, 2.05) is 18.2 Å². The number of rotatable bonds is 3. The van der Waals surface area contributed by atoms with Crippen molar-refractivity contribution in [2.24, 2.45) is 0 Å². The van der Waals surface area contributed by atoms with Crippen LogP contribution in [-0.4, -0.2) is 26.9 Å². The molecule has 2 rings (SSSR count). The standard InChI is InChI=1S/C11H10BN3O2/c13-5-9-1-3-10(4-2-9)7-15-8-11(6-14-15)12(16)17/h1-4,6,8,16-17H,7H2. The molecule has 0 unspecified atom stereocenters. The van der Waals surface area contributed by atoms with E-state index >= 15 is 0 Å². The van der Waals surface area contributed by atoms with Gasteiger partial charge in [-0.2, -0.15) is 10.4 Å². The highest BCUT2D eigenvalue weighted by Crippen LogP contribution is 2.04. The Labute approximate surface area is 98.7 Å². The van der Waals surface area contributed by atoms with E-state index in [2.05, 4.69) is 5.10 Å². The Morgan fingerprint density at radius 2 is 2.00 bits per heavy atom. The normalized spacial score (nSPS) is 9.94. The minimum absolute atomic E-state index is 0.360. The lowest BCUT2D eigenvalue weighted by molar-refractivity contribution is 0.425. The fourth-order valence-electron chi connectivity index (χ4n) is 1.47. The van der Waals surface area contributed by atoms with E-state index < -0.39 is 7.12 Å². The quantitative estimate of drug-likeness (QED) is 0.691. The Morgan fingerprint density at radius 3 is 2.53 bits per heavy atom. The van der Waals surface area contributed by atoms with E-state index in [4.69, 9.17) is 15.3 Å². The summed E-state index contributed by atoms with van der Waals surface area (Å²) in [5.41, 5.74) is 1.96. The number of nitriles is 1. The molecule has 0 atom stereocenters. The highest BCUT2D eigenvalue weighted by molar-refractivity contribution is 6.58. The molecule has 1 aromatic heterocycles. The fourth-order valence-corrected chi connectivity index (χ4v) is 1.47. The molecule has 17 heavy (non-hydrogen) atoms. The van der Waals surface area contributed by atoms with E-state index in [1.54, 1.807) is 23.0 Å². The van der Waals surface area contributed by atoms with Gasteiger partial charge in [-0.15, -0.1) is 0 Å². The third-order valence-electron chi connectivity index (χ3n) is 2.38. The number of hydrogen-bond acceptors (Lipinski definition) is 4. The fraction of sp³-hybridized carbons (Fsp3) is 0.0909.